The van der Waals surface area contributed by atoms with Gasteiger partial charge in [-0.05, 0) is 49.6 Å². The van der Waals surface area contributed by atoms with Crippen LogP contribution in [0.3, 0.4) is 0 Å². The molecule has 0 radical (unpaired) electrons. The van der Waals surface area contributed by atoms with E-state index in [1.54, 1.807) is 18.9 Å². The minimum atomic E-state index is 0. The number of halogens is 1. The molecule has 0 aliphatic heterocycles. The normalized spacial score (nSPS) is 11.0. The predicted molar refractivity (Wildman–Crippen MR) is 112 cm³/mol. The summed E-state index contributed by atoms with van der Waals surface area (Å²) in [4.78, 5) is 5.59. The van der Waals surface area contributed by atoms with E-state index in [2.05, 4.69) is 47.0 Å². The first kappa shape index (κ1) is 22.5. The summed E-state index contributed by atoms with van der Waals surface area (Å²) in [7, 11) is 3.56. The van der Waals surface area contributed by atoms with Crippen LogP contribution in [0, 0.1) is 6.92 Å². The SMILES string of the molecule is CN=C(NCCCCCOC)NCc1ccc(C)cc1SC.I. The number of aryl methyl sites for hydroxylation is 1. The first-order chi connectivity index (χ1) is 10.7. The molecule has 23 heavy (non-hydrogen) atoms. The van der Waals surface area contributed by atoms with Crippen molar-refractivity contribution in [3.63, 3.8) is 0 Å². The van der Waals surface area contributed by atoms with Gasteiger partial charge in [-0.1, -0.05) is 12.1 Å². The molecule has 0 saturated carbocycles. The molecule has 0 spiro atoms. The van der Waals surface area contributed by atoms with Crippen molar-refractivity contribution in [2.75, 3.05) is 33.6 Å². The Kier molecular flexibility index (Phi) is 13.6. The van der Waals surface area contributed by atoms with Gasteiger partial charge in [-0.15, -0.1) is 35.7 Å². The molecule has 0 bridgehead atoms. The fraction of sp³-hybridized carbons (Fsp3) is 0.588. The smallest absolute Gasteiger partial charge is 0.191 e. The Morgan fingerprint density at radius 3 is 2.65 bits per heavy atom. The maximum absolute atomic E-state index is 5.05. The molecule has 0 atom stereocenters. The molecule has 0 unspecified atom stereocenters. The molecule has 2 N–H and O–H groups in total. The van der Waals surface area contributed by atoms with Gasteiger partial charge in [-0.2, -0.15) is 0 Å². The summed E-state index contributed by atoms with van der Waals surface area (Å²) in [6, 6.07) is 6.57. The van der Waals surface area contributed by atoms with E-state index in [0.29, 0.717) is 0 Å². The van der Waals surface area contributed by atoms with E-state index < -0.39 is 0 Å². The van der Waals surface area contributed by atoms with Gasteiger partial charge in [0.2, 0.25) is 0 Å². The van der Waals surface area contributed by atoms with E-state index in [1.165, 1.54) is 22.4 Å². The van der Waals surface area contributed by atoms with Crippen molar-refractivity contribution in [2.24, 2.45) is 4.99 Å². The number of benzene rings is 1. The number of guanidine groups is 1. The monoisotopic (exact) mass is 451 g/mol. The van der Waals surface area contributed by atoms with E-state index in [4.69, 9.17) is 4.74 Å². The minimum absolute atomic E-state index is 0. The van der Waals surface area contributed by atoms with Crippen LogP contribution in [0.15, 0.2) is 28.1 Å². The van der Waals surface area contributed by atoms with Gasteiger partial charge in [0.25, 0.3) is 0 Å². The van der Waals surface area contributed by atoms with Crippen molar-refractivity contribution in [1.82, 2.24) is 10.6 Å². The molecule has 0 fully saturated rings. The highest BCUT2D eigenvalue weighted by molar-refractivity contribution is 14.0. The predicted octanol–water partition coefficient (Wildman–Crippen LogP) is 3.82. The number of thioether (sulfide) groups is 1. The largest absolute Gasteiger partial charge is 0.385 e. The third kappa shape index (κ3) is 9.42. The van der Waals surface area contributed by atoms with Crippen molar-refractivity contribution in [3.8, 4) is 0 Å². The van der Waals surface area contributed by atoms with Gasteiger partial charge in [0.1, 0.15) is 0 Å². The van der Waals surface area contributed by atoms with Gasteiger partial charge < -0.3 is 15.4 Å². The number of hydrogen-bond donors (Lipinski definition) is 2. The van der Waals surface area contributed by atoms with Gasteiger partial charge in [0.05, 0.1) is 0 Å². The average Bonchev–Trinajstić information content (AvgIpc) is 2.54. The van der Waals surface area contributed by atoms with Gasteiger partial charge in [0.15, 0.2) is 5.96 Å². The first-order valence-corrected chi connectivity index (χ1v) is 9.00. The van der Waals surface area contributed by atoms with Gasteiger partial charge in [0, 0.05) is 38.7 Å². The second-order valence-corrected chi connectivity index (χ2v) is 6.07. The molecule has 0 amide bonds. The highest BCUT2D eigenvalue weighted by Crippen LogP contribution is 2.21. The van der Waals surface area contributed by atoms with Crippen LogP contribution in [0.4, 0.5) is 0 Å². The Morgan fingerprint density at radius 2 is 2.00 bits per heavy atom. The van der Waals surface area contributed by atoms with Crippen LogP contribution in [0.5, 0.6) is 0 Å². The van der Waals surface area contributed by atoms with Crippen molar-refractivity contribution >= 4 is 41.7 Å². The Labute approximate surface area is 162 Å². The van der Waals surface area contributed by atoms with Crippen LogP contribution >= 0.6 is 35.7 Å². The van der Waals surface area contributed by atoms with Crippen LogP contribution in [0.2, 0.25) is 0 Å². The summed E-state index contributed by atoms with van der Waals surface area (Å²) in [5, 5.41) is 6.74. The Bertz CT molecular complexity index is 469. The number of aliphatic imine (C=N–C) groups is 1. The second-order valence-electron chi connectivity index (χ2n) is 5.22. The zero-order valence-electron chi connectivity index (χ0n) is 14.6. The molecule has 1 aromatic rings. The lowest BCUT2D eigenvalue weighted by Crippen LogP contribution is -2.37. The Morgan fingerprint density at radius 1 is 1.22 bits per heavy atom. The lowest BCUT2D eigenvalue weighted by molar-refractivity contribution is 0.192. The number of unbranched alkanes of at least 4 members (excludes halogenated alkanes) is 2. The van der Waals surface area contributed by atoms with Crippen LogP contribution in [-0.2, 0) is 11.3 Å². The maximum Gasteiger partial charge on any atom is 0.191 e. The van der Waals surface area contributed by atoms with Crippen LogP contribution in [0.25, 0.3) is 0 Å². The average molecular weight is 451 g/mol. The van der Waals surface area contributed by atoms with E-state index in [0.717, 1.165) is 38.5 Å². The summed E-state index contributed by atoms with van der Waals surface area (Å²) in [5.41, 5.74) is 2.60. The third-order valence-electron chi connectivity index (χ3n) is 3.43. The standard InChI is InChI=1S/C17H29N3OS.HI/c1-14-8-9-15(16(12-14)22-4)13-20-17(18-2)19-10-6-5-7-11-21-3;/h8-9,12H,5-7,10-11,13H2,1-4H3,(H2,18,19,20);1H. The van der Waals surface area contributed by atoms with Gasteiger partial charge in [-0.3, -0.25) is 4.99 Å². The highest BCUT2D eigenvalue weighted by Gasteiger charge is 2.03. The summed E-state index contributed by atoms with van der Waals surface area (Å²) >= 11 is 1.79. The summed E-state index contributed by atoms with van der Waals surface area (Å²) in [6.45, 7) is 4.70. The molecule has 0 aliphatic rings. The van der Waals surface area contributed by atoms with Crippen molar-refractivity contribution in [1.29, 1.82) is 0 Å². The molecule has 1 rings (SSSR count). The number of nitrogens with zero attached hydrogens (tertiary/aromatic N) is 1. The lowest BCUT2D eigenvalue weighted by atomic mass is 10.1. The van der Waals surface area contributed by atoms with Crippen molar-refractivity contribution in [3.05, 3.63) is 29.3 Å². The van der Waals surface area contributed by atoms with E-state index in [1.807, 2.05) is 7.05 Å². The zero-order chi connectivity index (χ0) is 16.2. The molecule has 1 aromatic carbocycles. The van der Waals surface area contributed by atoms with Crippen molar-refractivity contribution < 1.29 is 4.74 Å². The van der Waals surface area contributed by atoms with Gasteiger partial charge in [-0.25, -0.2) is 0 Å². The fourth-order valence-electron chi connectivity index (χ4n) is 2.15. The highest BCUT2D eigenvalue weighted by atomic mass is 127. The lowest BCUT2D eigenvalue weighted by Gasteiger charge is -2.14. The quantitative estimate of drug-likeness (QED) is 0.197. The molecule has 132 valence electrons. The number of hydrogen-bond acceptors (Lipinski definition) is 3. The van der Waals surface area contributed by atoms with Crippen LogP contribution in [-0.4, -0.2) is 39.5 Å². The number of ether oxygens (including phenoxy) is 1. The zero-order valence-corrected chi connectivity index (χ0v) is 17.8. The molecular weight excluding hydrogens is 421 g/mol. The molecule has 0 aliphatic carbocycles. The molecule has 0 aromatic heterocycles. The van der Waals surface area contributed by atoms with Gasteiger partial charge >= 0.3 is 0 Å². The first-order valence-electron chi connectivity index (χ1n) is 7.78. The van der Waals surface area contributed by atoms with Crippen LogP contribution < -0.4 is 10.6 Å². The van der Waals surface area contributed by atoms with E-state index >= 15 is 0 Å². The number of nitrogens with one attached hydrogen (secondary N) is 2. The molecular formula is C17H30IN3OS. The summed E-state index contributed by atoms with van der Waals surface area (Å²) in [5.74, 6) is 0.861. The molecule has 0 saturated heterocycles. The molecule has 0 heterocycles. The molecule has 6 heteroatoms. The fourth-order valence-corrected chi connectivity index (χ4v) is 2.86. The minimum Gasteiger partial charge on any atom is -0.385 e. The molecule has 4 nitrogen and oxygen atoms in total. The Hall–Kier alpha value is -0.470. The topological polar surface area (TPSA) is 45.7 Å². The third-order valence-corrected chi connectivity index (χ3v) is 4.25. The van der Waals surface area contributed by atoms with E-state index in [9.17, 15) is 0 Å². The Balaban J connectivity index is 0.00000484. The number of methoxy groups -OCH3 is 1. The van der Waals surface area contributed by atoms with Crippen molar-refractivity contribution in [2.45, 2.75) is 37.6 Å². The van der Waals surface area contributed by atoms with E-state index in [-0.39, 0.29) is 24.0 Å². The maximum atomic E-state index is 5.05. The van der Waals surface area contributed by atoms with Crippen LogP contribution in [0.1, 0.15) is 30.4 Å². The summed E-state index contributed by atoms with van der Waals surface area (Å²) in [6.07, 6.45) is 5.53. The number of rotatable bonds is 9. The summed E-state index contributed by atoms with van der Waals surface area (Å²) < 4.78 is 5.05. The second kappa shape index (κ2) is 13.9.